The molecule has 3 spiro atoms. The molecule has 0 amide bonds. The van der Waals surface area contributed by atoms with Crippen LogP contribution in [-0.4, -0.2) is 99.7 Å². The predicted octanol–water partition coefficient (Wildman–Crippen LogP) is 1.38. The number of fused-ring (bicyclic) bond motifs is 4. The van der Waals surface area contributed by atoms with Crippen molar-refractivity contribution in [3.05, 3.63) is 22.8 Å². The summed E-state index contributed by atoms with van der Waals surface area (Å²) in [4.78, 5) is 30.2. The number of esters is 1. The van der Waals surface area contributed by atoms with Gasteiger partial charge in [-0.3, -0.25) is 9.59 Å². The van der Waals surface area contributed by atoms with E-state index in [9.17, 15) is 30.3 Å². The lowest BCUT2D eigenvalue weighted by Crippen LogP contribution is -2.67. The highest BCUT2D eigenvalue weighted by atomic mass is 16.8. The van der Waals surface area contributed by atoms with Gasteiger partial charge in [-0.25, -0.2) is 0 Å². The molecular weight excluding hydrogens is 632 g/mol. The van der Waals surface area contributed by atoms with E-state index in [4.69, 9.17) is 18.9 Å². The van der Waals surface area contributed by atoms with Gasteiger partial charge in [0, 0.05) is 29.1 Å². The Morgan fingerprint density at radius 1 is 0.980 bits per heavy atom. The van der Waals surface area contributed by atoms with Gasteiger partial charge in [0.1, 0.15) is 41.7 Å². The van der Waals surface area contributed by atoms with E-state index in [0.717, 1.165) is 51.4 Å². The number of ketones is 1. The van der Waals surface area contributed by atoms with Crippen LogP contribution in [0.4, 0.5) is 0 Å². The summed E-state index contributed by atoms with van der Waals surface area (Å²) < 4.78 is 25.5. The van der Waals surface area contributed by atoms with Gasteiger partial charge in [-0.05, 0) is 97.7 Å². The molecule has 3 heterocycles. The number of carbonyl (C=O) groups is 2. The normalized spacial score (nSPS) is 61.4. The van der Waals surface area contributed by atoms with E-state index in [2.05, 4.69) is 13.8 Å². The zero-order chi connectivity index (χ0) is 33.7. The van der Waals surface area contributed by atoms with Crippen LogP contribution in [0, 0.1) is 69.0 Å². The van der Waals surface area contributed by atoms with Gasteiger partial charge >= 0.3 is 5.97 Å². The van der Waals surface area contributed by atoms with E-state index in [0.29, 0.717) is 35.0 Å². The molecule has 8 fully saturated rings. The maximum Gasteiger partial charge on any atom is 0.316 e. The first-order valence-electron chi connectivity index (χ1n) is 18.9. The largest absolute Gasteiger partial charge is 0.457 e. The molecular formula is C38H48O11. The number of aliphatic hydroxyl groups excluding tert-OH is 5. The van der Waals surface area contributed by atoms with Gasteiger partial charge in [0.05, 0.1) is 24.7 Å². The highest BCUT2D eigenvalue weighted by Gasteiger charge is 2.88. The molecule has 11 nitrogen and oxygen atoms in total. The molecule has 0 radical (unpaired) electrons. The van der Waals surface area contributed by atoms with Crippen LogP contribution in [-0.2, 0) is 28.5 Å². The molecule has 11 aliphatic rings. The number of hydrogen-bond acceptors (Lipinski definition) is 11. The molecule has 3 unspecified atom stereocenters. The Bertz CT molecular complexity index is 1620. The molecule has 266 valence electrons. The van der Waals surface area contributed by atoms with Crippen LogP contribution in [0.5, 0.6) is 0 Å². The molecule has 49 heavy (non-hydrogen) atoms. The lowest BCUT2D eigenvalue weighted by molar-refractivity contribution is -0.366. The van der Waals surface area contributed by atoms with Gasteiger partial charge in [0.2, 0.25) is 0 Å². The van der Waals surface area contributed by atoms with Crippen LogP contribution >= 0.6 is 0 Å². The summed E-state index contributed by atoms with van der Waals surface area (Å²) >= 11 is 0. The second kappa shape index (κ2) is 9.44. The first kappa shape index (κ1) is 30.9. The lowest BCUT2D eigenvalue weighted by atomic mass is 9.40. The Morgan fingerprint density at radius 3 is 2.57 bits per heavy atom. The van der Waals surface area contributed by atoms with Crippen molar-refractivity contribution in [3.8, 4) is 0 Å². The number of ether oxygens (including phenoxy) is 4. The van der Waals surface area contributed by atoms with Crippen LogP contribution < -0.4 is 0 Å². The van der Waals surface area contributed by atoms with Crippen LogP contribution in [0.3, 0.4) is 0 Å². The van der Waals surface area contributed by atoms with Gasteiger partial charge in [-0.15, -0.1) is 0 Å². The number of aliphatic hydroxyl groups is 5. The monoisotopic (exact) mass is 680 g/mol. The first-order valence-corrected chi connectivity index (χ1v) is 18.9. The standard InChI is InChI=1S/C38H48O11/c1-14-7-15-8-17-3-5-36-11-20(18-4-6-37(29(18)36)30(44)19(14)10-21(15)35(17,37)2)31-38(36)25-22(47-34(38)45)9-16(12-39)24(25)32(48-31)49-33-28(43)27(42)26(41)23(13-40)46-33/h9,14-15,17,19-28,31-33,39-43H,3-8,10-13H2,1-2H3/t14-,15?,17+,19?,20+,21-,22+,23-,24+,25?,26-,27+,28-,31-,32+,33+,35+,36-,37+,38-/m1/s1. The summed E-state index contributed by atoms with van der Waals surface area (Å²) in [6.07, 6.45) is -0.291. The van der Waals surface area contributed by atoms with Crippen molar-refractivity contribution >= 4 is 11.8 Å². The predicted molar refractivity (Wildman–Crippen MR) is 167 cm³/mol. The minimum absolute atomic E-state index is 0.0617. The average molecular weight is 681 g/mol. The number of rotatable bonds is 4. The highest BCUT2D eigenvalue weighted by molar-refractivity contribution is 5.96. The summed E-state index contributed by atoms with van der Waals surface area (Å²) in [5.74, 6) is 1.09. The summed E-state index contributed by atoms with van der Waals surface area (Å²) in [5.41, 5.74) is 0.892. The average Bonchev–Trinajstić information content (AvgIpc) is 3.89. The van der Waals surface area contributed by atoms with Crippen LogP contribution in [0.2, 0.25) is 0 Å². The van der Waals surface area contributed by atoms with Gasteiger partial charge in [-0.1, -0.05) is 19.4 Å². The molecule has 5 saturated carbocycles. The van der Waals surface area contributed by atoms with Gasteiger partial charge in [-0.2, -0.15) is 0 Å². The number of carbonyl (C=O) groups excluding carboxylic acids is 2. The van der Waals surface area contributed by atoms with Crippen molar-refractivity contribution in [2.45, 2.75) is 114 Å². The quantitative estimate of drug-likeness (QED) is 0.215. The van der Waals surface area contributed by atoms with Crippen molar-refractivity contribution in [2.24, 2.45) is 69.0 Å². The third-order valence-electron chi connectivity index (χ3n) is 17.4. The van der Waals surface area contributed by atoms with E-state index in [-0.39, 0.29) is 29.8 Å². The second-order valence-electron chi connectivity index (χ2n) is 18.2. The molecule has 0 aromatic carbocycles. The number of allylic oxidation sites excluding steroid dienone is 1. The Hall–Kier alpha value is -1.70. The van der Waals surface area contributed by atoms with Gasteiger partial charge in [0.25, 0.3) is 0 Å². The van der Waals surface area contributed by atoms with E-state index < -0.39 is 83.9 Å². The van der Waals surface area contributed by atoms with Crippen LogP contribution in [0.15, 0.2) is 22.8 Å². The first-order chi connectivity index (χ1) is 23.5. The molecule has 5 N–H and O–H groups in total. The molecule has 4 bridgehead atoms. The van der Waals surface area contributed by atoms with Crippen LogP contribution in [0.25, 0.3) is 0 Å². The summed E-state index contributed by atoms with van der Waals surface area (Å²) in [6.45, 7) is 3.86. The summed E-state index contributed by atoms with van der Waals surface area (Å²) in [6, 6.07) is 0. The van der Waals surface area contributed by atoms with Crippen molar-refractivity contribution in [1.29, 1.82) is 0 Å². The SMILES string of the molecule is C[C@@H]1CC2C[C@@H]3CC[C@@]45C[C@@H](C6=C4[C@@]4(CC6)C(=O)C1C[C@H]2[C@]34C)[C@H]1O[C@@H](O[C@@H]2O[C@H](CO)[C@@H](O)[C@H](O)[C@H]2O)[C@H]2C(CO)=C[C@@H]3OC(=O)[C@@]15C32. The highest BCUT2D eigenvalue weighted by Crippen LogP contribution is 2.87. The van der Waals surface area contributed by atoms with E-state index in [1.54, 1.807) is 0 Å². The molecule has 0 aromatic rings. The van der Waals surface area contributed by atoms with Crippen molar-refractivity contribution < 1.29 is 54.1 Å². The van der Waals surface area contributed by atoms with E-state index in [1.807, 2.05) is 6.08 Å². The zero-order valence-corrected chi connectivity index (χ0v) is 28.1. The maximum absolute atomic E-state index is 15.3. The van der Waals surface area contributed by atoms with Crippen molar-refractivity contribution in [1.82, 2.24) is 0 Å². The van der Waals surface area contributed by atoms with E-state index >= 15 is 4.79 Å². The summed E-state index contributed by atoms with van der Waals surface area (Å²) in [7, 11) is 0. The molecule has 11 rings (SSSR count). The second-order valence-corrected chi connectivity index (χ2v) is 18.2. The minimum Gasteiger partial charge on any atom is -0.457 e. The third-order valence-corrected chi connectivity index (χ3v) is 17.4. The number of hydrogen-bond donors (Lipinski definition) is 5. The zero-order valence-electron chi connectivity index (χ0n) is 28.1. The smallest absolute Gasteiger partial charge is 0.316 e. The molecule has 0 aromatic heterocycles. The van der Waals surface area contributed by atoms with Crippen molar-refractivity contribution in [2.75, 3.05) is 13.2 Å². The minimum atomic E-state index is -1.62. The van der Waals surface area contributed by atoms with E-state index in [1.165, 1.54) is 11.1 Å². The molecule has 3 saturated heterocycles. The third kappa shape index (κ3) is 3.03. The lowest BCUT2D eigenvalue weighted by Gasteiger charge is -2.62. The van der Waals surface area contributed by atoms with Crippen LogP contribution in [0.1, 0.15) is 65.2 Å². The molecule has 20 atom stereocenters. The summed E-state index contributed by atoms with van der Waals surface area (Å²) in [5, 5.41) is 52.4. The molecule has 11 heteroatoms. The Labute approximate surface area is 285 Å². The maximum atomic E-state index is 15.3. The van der Waals surface area contributed by atoms with Crippen molar-refractivity contribution in [3.63, 3.8) is 0 Å². The Morgan fingerprint density at radius 2 is 1.80 bits per heavy atom. The fourth-order valence-electron chi connectivity index (χ4n) is 15.9. The van der Waals surface area contributed by atoms with Gasteiger partial charge in [0.15, 0.2) is 12.6 Å². The molecule has 3 aliphatic heterocycles. The Kier molecular flexibility index (Phi) is 5.95. The molecule has 8 aliphatic carbocycles. The van der Waals surface area contributed by atoms with Gasteiger partial charge < -0.3 is 44.5 Å². The fourth-order valence-corrected chi connectivity index (χ4v) is 15.9. The number of Topliss-reactive ketones (excluding diaryl/α,β-unsaturated/α-hetero) is 1. The topological polar surface area (TPSA) is 172 Å². The fraction of sp³-hybridized carbons (Fsp3) is 0.842. The Balaban J connectivity index is 1.07.